The number of thioether (sulfide) groups is 1. The second-order valence-electron chi connectivity index (χ2n) is 5.53. The van der Waals surface area contributed by atoms with Crippen molar-refractivity contribution in [3.8, 4) is 0 Å². The third-order valence-electron chi connectivity index (χ3n) is 3.81. The first kappa shape index (κ1) is 15.4. The quantitative estimate of drug-likeness (QED) is 0.803. The van der Waals surface area contributed by atoms with Crippen molar-refractivity contribution in [2.75, 3.05) is 11.1 Å². The number of aromatic nitrogens is 2. The zero-order chi connectivity index (χ0) is 15.5. The molecule has 0 spiro atoms. The molecular weight excluding hydrogens is 318 g/mol. The molecule has 1 fully saturated rings. The van der Waals surface area contributed by atoms with Gasteiger partial charge in [0.2, 0.25) is 5.91 Å². The number of carbonyl (C=O) groups is 1. The Morgan fingerprint density at radius 2 is 2.14 bits per heavy atom. The number of nitrogens with zero attached hydrogens (tertiary/aromatic N) is 2. The second-order valence-corrected chi connectivity index (χ2v) is 7.02. The van der Waals surface area contributed by atoms with E-state index in [9.17, 15) is 4.79 Å². The van der Waals surface area contributed by atoms with Crippen LogP contribution >= 0.6 is 23.4 Å². The van der Waals surface area contributed by atoms with Crippen LogP contribution in [0.2, 0.25) is 5.02 Å². The summed E-state index contributed by atoms with van der Waals surface area (Å²) in [7, 11) is 0. The number of anilines is 1. The van der Waals surface area contributed by atoms with Crippen molar-refractivity contribution in [1.29, 1.82) is 0 Å². The highest BCUT2D eigenvalue weighted by atomic mass is 35.5. The normalized spacial score (nSPS) is 15.5. The van der Waals surface area contributed by atoms with E-state index in [4.69, 9.17) is 11.6 Å². The van der Waals surface area contributed by atoms with Gasteiger partial charge < -0.3 is 5.32 Å². The van der Waals surface area contributed by atoms with Crippen molar-refractivity contribution in [2.45, 2.75) is 30.7 Å². The number of halogens is 1. The maximum Gasteiger partial charge on any atom is 0.235 e. The van der Waals surface area contributed by atoms with Crippen LogP contribution in [0.4, 0.5) is 5.82 Å². The highest BCUT2D eigenvalue weighted by molar-refractivity contribution is 8.00. The fourth-order valence-corrected chi connectivity index (χ4v) is 3.20. The molecule has 1 N–H and O–H groups in total. The van der Waals surface area contributed by atoms with Gasteiger partial charge >= 0.3 is 0 Å². The summed E-state index contributed by atoms with van der Waals surface area (Å²) in [6, 6.07) is 9.68. The number of hydrogen-bond donors (Lipinski definition) is 1. The Kier molecular flexibility index (Phi) is 4.74. The van der Waals surface area contributed by atoms with Crippen molar-refractivity contribution in [2.24, 2.45) is 5.92 Å². The molecule has 6 heteroatoms. The fraction of sp³-hybridized carbons (Fsp3) is 0.375. The topological polar surface area (TPSA) is 46.9 Å². The molecule has 4 nitrogen and oxygen atoms in total. The molecule has 1 aromatic carbocycles. The van der Waals surface area contributed by atoms with Gasteiger partial charge in [-0.3, -0.25) is 4.79 Å². The minimum atomic E-state index is -0.0234. The minimum absolute atomic E-state index is 0.0234. The molecule has 3 rings (SSSR count). The second kappa shape index (κ2) is 6.75. The summed E-state index contributed by atoms with van der Waals surface area (Å²) >= 11 is 7.34. The Bertz CT molecular complexity index is 652. The smallest absolute Gasteiger partial charge is 0.235 e. The summed E-state index contributed by atoms with van der Waals surface area (Å²) in [5.74, 6) is 1.81. The van der Waals surface area contributed by atoms with Crippen molar-refractivity contribution < 1.29 is 4.79 Å². The van der Waals surface area contributed by atoms with E-state index in [1.165, 1.54) is 24.6 Å². The summed E-state index contributed by atoms with van der Waals surface area (Å²) in [5.41, 5.74) is 0. The van der Waals surface area contributed by atoms with Crippen LogP contribution in [0.15, 0.2) is 41.4 Å². The van der Waals surface area contributed by atoms with E-state index >= 15 is 0 Å². The Balaban J connectivity index is 1.55. The maximum atomic E-state index is 12.1. The van der Waals surface area contributed by atoms with Gasteiger partial charge in [0.05, 0.1) is 18.0 Å². The standard InChI is InChI=1S/C16H18ClN3OS/c1-11(12-2-3-12)20-15(8-9-18-20)19-16(21)10-22-14-6-4-13(17)5-7-14/h4-9,11-12H,2-3,10H2,1H3,(H,19,21). The Hall–Kier alpha value is -1.46. The number of hydrogen-bond acceptors (Lipinski definition) is 3. The van der Waals surface area contributed by atoms with E-state index in [-0.39, 0.29) is 5.91 Å². The molecule has 1 aliphatic rings. The van der Waals surface area contributed by atoms with Gasteiger partial charge in [-0.15, -0.1) is 11.8 Å². The van der Waals surface area contributed by atoms with Crippen LogP contribution in [0.3, 0.4) is 0 Å². The van der Waals surface area contributed by atoms with E-state index in [1.807, 2.05) is 35.0 Å². The number of benzene rings is 1. The molecule has 1 saturated carbocycles. The molecule has 0 saturated heterocycles. The summed E-state index contributed by atoms with van der Waals surface area (Å²) < 4.78 is 1.92. The van der Waals surface area contributed by atoms with Crippen molar-refractivity contribution in [3.05, 3.63) is 41.6 Å². The molecule has 1 atom stereocenters. The minimum Gasteiger partial charge on any atom is -0.310 e. The van der Waals surface area contributed by atoms with Gasteiger partial charge in [0.25, 0.3) is 0 Å². The lowest BCUT2D eigenvalue weighted by Crippen LogP contribution is -2.19. The summed E-state index contributed by atoms with van der Waals surface area (Å²) in [6.45, 7) is 2.16. The predicted molar refractivity (Wildman–Crippen MR) is 90.5 cm³/mol. The molecule has 1 aromatic heterocycles. The lowest BCUT2D eigenvalue weighted by atomic mass is 10.2. The zero-order valence-corrected chi connectivity index (χ0v) is 13.9. The molecule has 1 unspecified atom stereocenters. The number of rotatable bonds is 6. The first-order chi connectivity index (χ1) is 10.6. The highest BCUT2D eigenvalue weighted by Crippen LogP contribution is 2.40. The Morgan fingerprint density at radius 1 is 1.41 bits per heavy atom. The van der Waals surface area contributed by atoms with Crippen LogP contribution in [-0.2, 0) is 4.79 Å². The average Bonchev–Trinajstić information content (AvgIpc) is 3.26. The van der Waals surface area contributed by atoms with Crippen LogP contribution in [-0.4, -0.2) is 21.4 Å². The van der Waals surface area contributed by atoms with Crippen molar-refractivity contribution in [3.63, 3.8) is 0 Å². The molecule has 0 aliphatic heterocycles. The molecule has 0 radical (unpaired) electrons. The van der Waals surface area contributed by atoms with Crippen LogP contribution in [0.25, 0.3) is 0 Å². The number of nitrogens with one attached hydrogen (secondary N) is 1. The first-order valence-electron chi connectivity index (χ1n) is 7.35. The monoisotopic (exact) mass is 335 g/mol. The third-order valence-corrected chi connectivity index (χ3v) is 5.08. The van der Waals surface area contributed by atoms with Gasteiger partial charge in [-0.25, -0.2) is 4.68 Å². The SMILES string of the molecule is CC(C1CC1)n1nccc1NC(=O)CSc1ccc(Cl)cc1. The summed E-state index contributed by atoms with van der Waals surface area (Å²) in [6.07, 6.45) is 4.24. The summed E-state index contributed by atoms with van der Waals surface area (Å²) in [4.78, 5) is 13.1. The van der Waals surface area contributed by atoms with Gasteiger partial charge in [0.15, 0.2) is 0 Å². The van der Waals surface area contributed by atoms with E-state index in [0.29, 0.717) is 22.7 Å². The lowest BCUT2D eigenvalue weighted by molar-refractivity contribution is -0.113. The van der Waals surface area contributed by atoms with E-state index < -0.39 is 0 Å². The van der Waals surface area contributed by atoms with Crippen LogP contribution < -0.4 is 5.32 Å². The Morgan fingerprint density at radius 3 is 2.82 bits per heavy atom. The first-order valence-corrected chi connectivity index (χ1v) is 8.71. The van der Waals surface area contributed by atoms with Gasteiger partial charge in [0, 0.05) is 16.0 Å². The summed E-state index contributed by atoms with van der Waals surface area (Å²) in [5, 5.41) is 7.99. The lowest BCUT2D eigenvalue weighted by Gasteiger charge is -2.15. The van der Waals surface area contributed by atoms with Gasteiger partial charge in [-0.2, -0.15) is 5.10 Å². The molecule has 2 aromatic rings. The maximum absolute atomic E-state index is 12.1. The van der Waals surface area contributed by atoms with Crippen LogP contribution in [0.1, 0.15) is 25.8 Å². The van der Waals surface area contributed by atoms with E-state index in [2.05, 4.69) is 17.3 Å². The highest BCUT2D eigenvalue weighted by Gasteiger charge is 2.30. The van der Waals surface area contributed by atoms with Gasteiger partial charge in [0.1, 0.15) is 5.82 Å². The molecule has 0 bridgehead atoms. The van der Waals surface area contributed by atoms with Gasteiger partial charge in [-0.1, -0.05) is 11.6 Å². The molecule has 22 heavy (non-hydrogen) atoms. The molecule has 1 amide bonds. The van der Waals surface area contributed by atoms with E-state index in [1.54, 1.807) is 6.20 Å². The van der Waals surface area contributed by atoms with Crippen molar-refractivity contribution in [1.82, 2.24) is 9.78 Å². The number of amides is 1. The Labute approximate surface area is 139 Å². The molecule has 1 aliphatic carbocycles. The van der Waals surface area contributed by atoms with Crippen LogP contribution in [0.5, 0.6) is 0 Å². The van der Waals surface area contributed by atoms with Gasteiger partial charge in [-0.05, 0) is 49.9 Å². The molecule has 116 valence electrons. The average molecular weight is 336 g/mol. The van der Waals surface area contributed by atoms with Crippen LogP contribution in [0, 0.1) is 5.92 Å². The largest absolute Gasteiger partial charge is 0.310 e. The van der Waals surface area contributed by atoms with Crippen molar-refractivity contribution >= 4 is 35.1 Å². The fourth-order valence-electron chi connectivity index (χ4n) is 2.37. The van der Waals surface area contributed by atoms with E-state index in [0.717, 1.165) is 10.7 Å². The number of carbonyl (C=O) groups excluding carboxylic acids is 1. The third kappa shape index (κ3) is 3.84. The molecular formula is C16H18ClN3OS. The predicted octanol–water partition coefficient (Wildman–Crippen LogP) is 4.24. The zero-order valence-electron chi connectivity index (χ0n) is 12.3. The molecule has 1 heterocycles.